The number of para-hydroxylation sites is 1. The molecule has 0 bridgehead atoms. The topological polar surface area (TPSA) is 35.5 Å². The Morgan fingerprint density at radius 2 is 1.82 bits per heavy atom. The predicted molar refractivity (Wildman–Crippen MR) is 84.1 cm³/mol. The highest BCUT2D eigenvalue weighted by atomic mass is 31.2. The number of halogens is 3. The molecule has 22 heavy (non-hydrogen) atoms. The summed E-state index contributed by atoms with van der Waals surface area (Å²) in [6.45, 7) is 5.03. The molecule has 0 saturated carbocycles. The Kier molecular flexibility index (Phi) is 6.71. The number of benzene rings is 1. The van der Waals surface area contributed by atoms with Gasteiger partial charge in [0, 0.05) is 19.3 Å². The lowest BCUT2D eigenvalue weighted by Gasteiger charge is -2.27. The smallest absolute Gasteiger partial charge is 0.388 e. The van der Waals surface area contributed by atoms with Crippen molar-refractivity contribution in [2.75, 3.05) is 12.9 Å². The minimum atomic E-state index is -4.17. The molecule has 0 heterocycles. The maximum absolute atomic E-state index is 12.4. The quantitative estimate of drug-likeness (QED) is 0.457. The number of alkyl halides is 3. The lowest BCUT2D eigenvalue weighted by molar-refractivity contribution is -0.130. The molecule has 0 fully saturated rings. The van der Waals surface area contributed by atoms with Crippen LogP contribution < -0.4 is 4.52 Å². The van der Waals surface area contributed by atoms with Gasteiger partial charge in [-0.15, -0.1) is 0 Å². The lowest BCUT2D eigenvalue weighted by atomic mass is 10.3. The Bertz CT molecular complexity index is 510. The minimum Gasteiger partial charge on any atom is -0.425 e. The Balaban J connectivity index is 2.58. The molecule has 0 aliphatic carbocycles. The number of rotatable bonds is 8. The second-order valence-electron chi connectivity index (χ2n) is 5.73. The van der Waals surface area contributed by atoms with Gasteiger partial charge in [0.25, 0.3) is 0 Å². The zero-order valence-corrected chi connectivity index (χ0v) is 14.9. The second-order valence-corrected chi connectivity index (χ2v) is 12.8. The van der Waals surface area contributed by atoms with Crippen LogP contribution in [0.1, 0.15) is 13.3 Å². The summed E-state index contributed by atoms with van der Waals surface area (Å²) in [5.41, 5.74) is 0. The third-order valence-electron chi connectivity index (χ3n) is 3.53. The van der Waals surface area contributed by atoms with E-state index in [9.17, 15) is 17.7 Å². The standard InChI is InChI=1S/C14H22F3O3PSi/c1-4-22(3,11-10-14(15,16)17)12-19-21(2,18)20-13-8-6-5-7-9-13/h5-9H,4,10-12H2,1-3H3/t21-,22?/m1/s1. The molecule has 3 nitrogen and oxygen atoms in total. The largest absolute Gasteiger partial charge is 0.425 e. The maximum Gasteiger partial charge on any atom is 0.388 e. The molecular formula is C14H22F3O3PSi. The van der Waals surface area contributed by atoms with Gasteiger partial charge in [0.1, 0.15) is 5.75 Å². The fourth-order valence-corrected chi connectivity index (χ4v) is 6.10. The van der Waals surface area contributed by atoms with E-state index in [-0.39, 0.29) is 12.3 Å². The molecule has 0 aliphatic heterocycles. The van der Waals surface area contributed by atoms with Crippen molar-refractivity contribution in [3.8, 4) is 5.75 Å². The van der Waals surface area contributed by atoms with Gasteiger partial charge >= 0.3 is 13.8 Å². The molecule has 126 valence electrons. The summed E-state index contributed by atoms with van der Waals surface area (Å²) in [6, 6.07) is 9.28. The SMILES string of the molecule is CC[Si](C)(CCC(F)(F)F)CO[P@@](C)(=O)Oc1ccccc1. The van der Waals surface area contributed by atoms with Crippen LogP contribution in [0, 0.1) is 0 Å². The molecule has 1 aromatic rings. The average molecular weight is 354 g/mol. The average Bonchev–Trinajstić information content (AvgIpc) is 2.43. The minimum absolute atomic E-state index is 0.0678. The Morgan fingerprint density at radius 3 is 2.32 bits per heavy atom. The molecule has 0 saturated heterocycles. The molecule has 0 radical (unpaired) electrons. The van der Waals surface area contributed by atoms with Gasteiger partial charge in [-0.1, -0.05) is 37.7 Å². The van der Waals surface area contributed by atoms with Crippen molar-refractivity contribution >= 4 is 15.7 Å². The second kappa shape index (κ2) is 7.66. The fourth-order valence-electron chi connectivity index (χ4n) is 1.77. The van der Waals surface area contributed by atoms with Crippen LogP contribution in [0.3, 0.4) is 0 Å². The van der Waals surface area contributed by atoms with Gasteiger partial charge in [0.2, 0.25) is 0 Å². The zero-order valence-electron chi connectivity index (χ0n) is 13.0. The van der Waals surface area contributed by atoms with Crippen molar-refractivity contribution in [3.63, 3.8) is 0 Å². The van der Waals surface area contributed by atoms with Crippen molar-refractivity contribution in [2.45, 2.75) is 38.2 Å². The van der Waals surface area contributed by atoms with Crippen LogP contribution in [0.2, 0.25) is 18.6 Å². The molecule has 1 unspecified atom stereocenters. The van der Waals surface area contributed by atoms with Crippen molar-refractivity contribution in [3.05, 3.63) is 30.3 Å². The fraction of sp³-hybridized carbons (Fsp3) is 0.571. The summed E-state index contributed by atoms with van der Waals surface area (Å²) < 4.78 is 60.2. The van der Waals surface area contributed by atoms with Crippen LogP contribution in [0.5, 0.6) is 5.75 Å². The van der Waals surface area contributed by atoms with Gasteiger partial charge in [-0.3, -0.25) is 0 Å². The number of hydrogen-bond acceptors (Lipinski definition) is 3. The first-order valence-electron chi connectivity index (χ1n) is 7.09. The summed E-state index contributed by atoms with van der Waals surface area (Å²) in [5, 5.41) is 0. The molecule has 1 rings (SSSR count). The van der Waals surface area contributed by atoms with Gasteiger partial charge in [-0.25, -0.2) is 4.57 Å². The van der Waals surface area contributed by atoms with E-state index in [1.54, 1.807) is 30.3 Å². The highest BCUT2D eigenvalue weighted by Crippen LogP contribution is 2.45. The van der Waals surface area contributed by atoms with E-state index in [4.69, 9.17) is 9.05 Å². The zero-order chi connectivity index (χ0) is 16.9. The highest BCUT2D eigenvalue weighted by Gasteiger charge is 2.35. The van der Waals surface area contributed by atoms with Gasteiger partial charge in [-0.05, 0) is 18.2 Å². The normalized spacial score (nSPS) is 17.5. The molecule has 0 aromatic heterocycles. The molecular weight excluding hydrogens is 332 g/mol. The molecule has 0 N–H and O–H groups in total. The third-order valence-corrected chi connectivity index (χ3v) is 8.92. The van der Waals surface area contributed by atoms with E-state index in [1.165, 1.54) is 6.66 Å². The Labute approximate surface area is 130 Å². The van der Waals surface area contributed by atoms with Gasteiger partial charge in [-0.2, -0.15) is 13.2 Å². The monoisotopic (exact) mass is 354 g/mol. The molecule has 0 amide bonds. The summed E-state index contributed by atoms with van der Waals surface area (Å²) in [6.07, 6.45) is -4.89. The van der Waals surface area contributed by atoms with Crippen LogP contribution >= 0.6 is 7.60 Å². The molecule has 8 heteroatoms. The van der Waals surface area contributed by atoms with Crippen LogP contribution in [0.4, 0.5) is 13.2 Å². The van der Waals surface area contributed by atoms with E-state index in [0.29, 0.717) is 11.8 Å². The summed E-state index contributed by atoms with van der Waals surface area (Å²) >= 11 is 0. The van der Waals surface area contributed by atoms with Crippen LogP contribution in [-0.4, -0.2) is 27.1 Å². The third kappa shape index (κ3) is 7.47. The Morgan fingerprint density at radius 1 is 1.23 bits per heavy atom. The van der Waals surface area contributed by atoms with Gasteiger partial charge in [0.15, 0.2) is 0 Å². The van der Waals surface area contributed by atoms with E-state index < -0.39 is 28.3 Å². The summed E-state index contributed by atoms with van der Waals surface area (Å²) in [7, 11) is -5.59. The lowest BCUT2D eigenvalue weighted by Crippen LogP contribution is -2.36. The Hall–Kier alpha value is -0.783. The molecule has 1 aromatic carbocycles. The highest BCUT2D eigenvalue weighted by molar-refractivity contribution is 7.53. The first kappa shape index (κ1) is 19.3. The predicted octanol–water partition coefficient (Wildman–Crippen LogP) is 5.50. The first-order valence-corrected chi connectivity index (χ1v) is 12.2. The molecule has 2 atom stereocenters. The number of hydrogen-bond donors (Lipinski definition) is 0. The van der Waals surface area contributed by atoms with E-state index >= 15 is 0 Å². The maximum atomic E-state index is 12.4. The van der Waals surface area contributed by atoms with Crippen molar-refractivity contribution < 1.29 is 26.8 Å². The van der Waals surface area contributed by atoms with Crippen molar-refractivity contribution in [2.24, 2.45) is 0 Å². The van der Waals surface area contributed by atoms with E-state index in [2.05, 4.69) is 0 Å². The van der Waals surface area contributed by atoms with E-state index in [0.717, 1.165) is 0 Å². The first-order chi connectivity index (χ1) is 10.1. The molecule has 0 aliphatic rings. The molecule has 0 spiro atoms. The van der Waals surface area contributed by atoms with E-state index in [1.807, 2.05) is 13.5 Å². The summed E-state index contributed by atoms with van der Waals surface area (Å²) in [4.78, 5) is 0. The van der Waals surface area contributed by atoms with Crippen molar-refractivity contribution in [1.82, 2.24) is 0 Å². The van der Waals surface area contributed by atoms with Crippen LogP contribution in [-0.2, 0) is 9.09 Å². The van der Waals surface area contributed by atoms with Crippen molar-refractivity contribution in [1.29, 1.82) is 0 Å². The summed E-state index contributed by atoms with van der Waals surface area (Å²) in [5.74, 6) is 0.420. The van der Waals surface area contributed by atoms with Gasteiger partial charge < -0.3 is 9.05 Å². The van der Waals surface area contributed by atoms with Gasteiger partial charge in [0.05, 0.1) is 8.07 Å². The van der Waals surface area contributed by atoms with Crippen LogP contribution in [0.25, 0.3) is 0 Å². The van der Waals surface area contributed by atoms with Crippen LogP contribution in [0.15, 0.2) is 30.3 Å².